The molecule has 3 rings (SSSR count). The molecule has 152 valence electrons. The van der Waals surface area contributed by atoms with Crippen molar-refractivity contribution in [2.45, 2.75) is 32.6 Å². The van der Waals surface area contributed by atoms with Crippen molar-refractivity contribution in [1.29, 1.82) is 0 Å². The Hall–Kier alpha value is -3.35. The predicted molar refractivity (Wildman–Crippen MR) is 111 cm³/mol. The van der Waals surface area contributed by atoms with Gasteiger partial charge in [0, 0.05) is 25.2 Å². The number of hydrogen-bond donors (Lipinski definition) is 3. The molecule has 0 saturated carbocycles. The lowest BCUT2D eigenvalue weighted by molar-refractivity contribution is -0.136. The van der Waals surface area contributed by atoms with Crippen molar-refractivity contribution in [3.05, 3.63) is 59.2 Å². The van der Waals surface area contributed by atoms with Crippen molar-refractivity contribution >= 4 is 29.3 Å². The molecule has 1 fully saturated rings. The lowest BCUT2D eigenvalue weighted by Crippen LogP contribution is -2.29. The average molecular weight is 395 g/mol. The van der Waals surface area contributed by atoms with E-state index in [4.69, 9.17) is 5.11 Å². The monoisotopic (exact) mass is 395 g/mol. The maximum absolute atomic E-state index is 12.8. The van der Waals surface area contributed by atoms with Gasteiger partial charge in [0.25, 0.3) is 5.91 Å². The molecule has 1 heterocycles. The molecular weight excluding hydrogens is 370 g/mol. The molecule has 0 radical (unpaired) electrons. The van der Waals surface area contributed by atoms with Gasteiger partial charge in [0.1, 0.15) is 0 Å². The summed E-state index contributed by atoms with van der Waals surface area (Å²) in [7, 11) is 0. The second kappa shape index (κ2) is 9.23. The molecule has 7 nitrogen and oxygen atoms in total. The van der Waals surface area contributed by atoms with Crippen LogP contribution in [0.5, 0.6) is 0 Å². The number of nitrogens with one attached hydrogen (secondary N) is 2. The van der Waals surface area contributed by atoms with Gasteiger partial charge in [0.15, 0.2) is 0 Å². The topological polar surface area (TPSA) is 98.7 Å². The van der Waals surface area contributed by atoms with E-state index in [0.717, 1.165) is 37.1 Å². The third-order valence-corrected chi connectivity index (χ3v) is 4.95. The molecule has 0 spiro atoms. The third kappa shape index (κ3) is 5.34. The van der Waals surface area contributed by atoms with Gasteiger partial charge in [-0.05, 0) is 55.5 Å². The average Bonchev–Trinajstić information content (AvgIpc) is 3.22. The Labute approximate surface area is 169 Å². The van der Waals surface area contributed by atoms with Crippen molar-refractivity contribution in [2.75, 3.05) is 23.7 Å². The van der Waals surface area contributed by atoms with Crippen molar-refractivity contribution in [1.82, 2.24) is 4.90 Å². The largest absolute Gasteiger partial charge is 0.481 e. The number of anilines is 2. The number of carboxylic acids is 1. The Balaban J connectivity index is 1.72. The Morgan fingerprint density at radius 3 is 2.48 bits per heavy atom. The highest BCUT2D eigenvalue weighted by Crippen LogP contribution is 2.24. The number of benzene rings is 2. The van der Waals surface area contributed by atoms with E-state index >= 15 is 0 Å². The molecule has 3 N–H and O–H groups in total. The van der Waals surface area contributed by atoms with Gasteiger partial charge in [-0.1, -0.05) is 24.3 Å². The first-order valence-electron chi connectivity index (χ1n) is 9.71. The number of aryl methyl sites for hydroxylation is 2. The molecule has 1 saturated heterocycles. The van der Waals surface area contributed by atoms with E-state index in [0.29, 0.717) is 23.4 Å². The summed E-state index contributed by atoms with van der Waals surface area (Å²) in [5, 5.41) is 14.4. The highest BCUT2D eigenvalue weighted by molar-refractivity contribution is 6.07. The zero-order valence-electron chi connectivity index (χ0n) is 16.4. The molecule has 7 heteroatoms. The summed E-state index contributed by atoms with van der Waals surface area (Å²) < 4.78 is 0. The van der Waals surface area contributed by atoms with E-state index in [2.05, 4.69) is 10.6 Å². The van der Waals surface area contributed by atoms with Gasteiger partial charge in [-0.3, -0.25) is 9.59 Å². The quantitative estimate of drug-likeness (QED) is 0.691. The van der Waals surface area contributed by atoms with Crippen LogP contribution in [0.1, 0.15) is 40.7 Å². The van der Waals surface area contributed by atoms with Gasteiger partial charge in [-0.25, -0.2) is 4.79 Å². The Morgan fingerprint density at radius 2 is 1.76 bits per heavy atom. The smallest absolute Gasteiger partial charge is 0.323 e. The van der Waals surface area contributed by atoms with Crippen molar-refractivity contribution in [2.24, 2.45) is 0 Å². The maximum Gasteiger partial charge on any atom is 0.323 e. The number of nitrogens with zero attached hydrogens (tertiary/aromatic N) is 1. The SMILES string of the molecule is Cc1cccc(C(=O)N2CCCC2)c1NC(=O)Nc1cccc(CCC(=O)O)c1. The van der Waals surface area contributed by atoms with Crippen LogP contribution < -0.4 is 10.6 Å². The minimum absolute atomic E-state index is 0.0286. The predicted octanol–water partition coefficient (Wildman–Crippen LogP) is 3.89. The number of likely N-dealkylation sites (tertiary alicyclic amines) is 1. The Bertz CT molecular complexity index is 920. The molecule has 2 aromatic rings. The van der Waals surface area contributed by atoms with Crippen LogP contribution >= 0.6 is 0 Å². The first kappa shape index (κ1) is 20.4. The van der Waals surface area contributed by atoms with Crippen LogP contribution in [0.3, 0.4) is 0 Å². The van der Waals surface area contributed by atoms with Gasteiger partial charge < -0.3 is 20.6 Å². The lowest BCUT2D eigenvalue weighted by atomic mass is 10.1. The van der Waals surface area contributed by atoms with Crippen LogP contribution in [-0.4, -0.2) is 41.0 Å². The summed E-state index contributed by atoms with van der Waals surface area (Å²) in [5.74, 6) is -0.937. The highest BCUT2D eigenvalue weighted by atomic mass is 16.4. The number of carbonyl (C=O) groups is 3. The third-order valence-electron chi connectivity index (χ3n) is 4.95. The summed E-state index contributed by atoms with van der Waals surface area (Å²) in [4.78, 5) is 38.0. The van der Waals surface area contributed by atoms with Crippen LogP contribution in [0.25, 0.3) is 0 Å². The van der Waals surface area contributed by atoms with E-state index in [1.54, 1.807) is 24.3 Å². The van der Waals surface area contributed by atoms with E-state index in [1.165, 1.54) is 0 Å². The summed E-state index contributed by atoms with van der Waals surface area (Å²) >= 11 is 0. The van der Waals surface area contributed by atoms with E-state index in [9.17, 15) is 14.4 Å². The Kier molecular flexibility index (Phi) is 6.49. The molecule has 3 amide bonds. The van der Waals surface area contributed by atoms with Crippen LogP contribution in [0, 0.1) is 6.92 Å². The number of carboxylic acid groups (broad SMARTS) is 1. The summed E-state index contributed by atoms with van der Waals surface area (Å²) in [6.45, 7) is 3.33. The van der Waals surface area contributed by atoms with Crippen LogP contribution in [0.2, 0.25) is 0 Å². The number of urea groups is 1. The van der Waals surface area contributed by atoms with E-state index in [-0.39, 0.29) is 12.3 Å². The van der Waals surface area contributed by atoms with Gasteiger partial charge in [-0.2, -0.15) is 0 Å². The van der Waals surface area contributed by atoms with Gasteiger partial charge in [-0.15, -0.1) is 0 Å². The fourth-order valence-corrected chi connectivity index (χ4v) is 3.43. The first-order valence-corrected chi connectivity index (χ1v) is 9.71. The Morgan fingerprint density at radius 1 is 1.03 bits per heavy atom. The number of para-hydroxylation sites is 1. The lowest BCUT2D eigenvalue weighted by Gasteiger charge is -2.19. The number of hydrogen-bond acceptors (Lipinski definition) is 3. The zero-order chi connectivity index (χ0) is 20.8. The minimum atomic E-state index is -0.865. The van der Waals surface area contributed by atoms with Crippen molar-refractivity contribution in [3.8, 4) is 0 Å². The number of rotatable bonds is 6. The fourth-order valence-electron chi connectivity index (χ4n) is 3.43. The van der Waals surface area contributed by atoms with E-state index in [1.807, 2.05) is 30.0 Å². The van der Waals surface area contributed by atoms with Gasteiger partial charge >= 0.3 is 12.0 Å². The minimum Gasteiger partial charge on any atom is -0.481 e. The number of aliphatic carboxylic acids is 1. The van der Waals surface area contributed by atoms with Crippen molar-refractivity contribution < 1.29 is 19.5 Å². The molecule has 0 atom stereocenters. The summed E-state index contributed by atoms with van der Waals surface area (Å²) in [6, 6.07) is 12.0. The van der Waals surface area contributed by atoms with Crippen molar-refractivity contribution in [3.63, 3.8) is 0 Å². The normalized spacial score (nSPS) is 13.2. The number of amides is 3. The molecule has 1 aliphatic rings. The first-order chi connectivity index (χ1) is 13.9. The fraction of sp³-hybridized carbons (Fsp3) is 0.318. The number of carbonyl (C=O) groups excluding carboxylic acids is 2. The second-order valence-electron chi connectivity index (χ2n) is 7.17. The van der Waals surface area contributed by atoms with Gasteiger partial charge in [0.05, 0.1) is 11.3 Å². The second-order valence-corrected chi connectivity index (χ2v) is 7.17. The molecule has 29 heavy (non-hydrogen) atoms. The van der Waals surface area contributed by atoms with Gasteiger partial charge in [0.2, 0.25) is 0 Å². The van der Waals surface area contributed by atoms with E-state index < -0.39 is 12.0 Å². The zero-order valence-corrected chi connectivity index (χ0v) is 16.4. The van der Waals surface area contributed by atoms with Crippen LogP contribution in [0.15, 0.2) is 42.5 Å². The van der Waals surface area contributed by atoms with Crippen LogP contribution in [-0.2, 0) is 11.2 Å². The summed E-state index contributed by atoms with van der Waals surface area (Å²) in [5.41, 5.74) is 3.18. The molecule has 2 aromatic carbocycles. The van der Waals surface area contributed by atoms with Crippen LogP contribution in [0.4, 0.5) is 16.2 Å². The molecule has 0 aliphatic carbocycles. The highest BCUT2D eigenvalue weighted by Gasteiger charge is 2.23. The molecule has 0 bridgehead atoms. The molecule has 0 aromatic heterocycles. The summed E-state index contributed by atoms with van der Waals surface area (Å²) in [6.07, 6.45) is 2.41. The molecular formula is C22H25N3O4. The molecule has 0 unspecified atom stereocenters. The molecule has 1 aliphatic heterocycles. The standard InChI is InChI=1S/C22H25N3O4/c1-15-6-4-9-18(21(28)25-12-2-3-13-25)20(15)24-22(29)23-17-8-5-7-16(14-17)10-11-19(26)27/h4-9,14H,2-3,10-13H2,1H3,(H,26,27)(H2,23,24,29). The maximum atomic E-state index is 12.8.